The molecule has 0 radical (unpaired) electrons. The number of anilines is 1. The fraction of sp³-hybridized carbons (Fsp3) is 0.312. The molecular weight excluding hydrogens is 269 g/mol. The van der Waals surface area contributed by atoms with Crippen molar-refractivity contribution in [1.29, 1.82) is 0 Å². The molecular formula is C16H18FN3O. The average molecular weight is 287 g/mol. The molecule has 0 fully saturated rings. The second kappa shape index (κ2) is 4.91. The lowest BCUT2D eigenvalue weighted by molar-refractivity contribution is 0.0643. The number of aryl methyl sites for hydroxylation is 1. The van der Waals surface area contributed by atoms with Crippen LogP contribution in [0.4, 0.5) is 10.1 Å². The second-order valence-electron chi connectivity index (χ2n) is 5.46. The van der Waals surface area contributed by atoms with Gasteiger partial charge in [-0.1, -0.05) is 0 Å². The van der Waals surface area contributed by atoms with Crippen LogP contribution < -0.4 is 5.73 Å². The summed E-state index contributed by atoms with van der Waals surface area (Å²) in [5.41, 5.74) is 8.32. The van der Waals surface area contributed by atoms with Crippen LogP contribution in [-0.2, 0) is 6.54 Å². The summed E-state index contributed by atoms with van der Waals surface area (Å²) < 4.78 is 15.5. The highest BCUT2D eigenvalue weighted by Gasteiger charge is 2.29. The summed E-state index contributed by atoms with van der Waals surface area (Å²) in [6.07, 6.45) is 0. The molecule has 110 valence electrons. The van der Waals surface area contributed by atoms with Gasteiger partial charge in [-0.25, -0.2) is 4.39 Å². The Morgan fingerprint density at radius 1 is 1.29 bits per heavy atom. The molecule has 0 saturated heterocycles. The van der Waals surface area contributed by atoms with E-state index >= 15 is 0 Å². The number of aromatic nitrogens is 1. The van der Waals surface area contributed by atoms with Crippen molar-refractivity contribution in [2.45, 2.75) is 26.4 Å². The highest BCUT2D eigenvalue weighted by molar-refractivity contribution is 5.95. The quantitative estimate of drug-likeness (QED) is 0.820. The number of carbonyl (C=O) groups excluding carboxylic acids is 1. The third-order valence-electron chi connectivity index (χ3n) is 4.20. The molecule has 1 aromatic carbocycles. The maximum absolute atomic E-state index is 13.2. The van der Waals surface area contributed by atoms with E-state index in [4.69, 9.17) is 5.73 Å². The van der Waals surface area contributed by atoms with E-state index in [0.717, 1.165) is 12.2 Å². The van der Waals surface area contributed by atoms with Gasteiger partial charge in [0.1, 0.15) is 5.82 Å². The van der Waals surface area contributed by atoms with Crippen LogP contribution in [0.1, 0.15) is 34.7 Å². The zero-order chi connectivity index (χ0) is 15.1. The minimum absolute atomic E-state index is 0.00438. The lowest BCUT2D eigenvalue weighted by atomic mass is 10.1. The Bertz CT molecular complexity index is 708. The minimum Gasteiger partial charge on any atom is -0.396 e. The van der Waals surface area contributed by atoms with Gasteiger partial charge in [0.05, 0.1) is 11.7 Å². The van der Waals surface area contributed by atoms with E-state index in [1.165, 1.54) is 23.9 Å². The Kier molecular flexibility index (Phi) is 3.20. The van der Waals surface area contributed by atoms with Gasteiger partial charge in [0.15, 0.2) is 0 Å². The maximum Gasteiger partial charge on any atom is 0.254 e. The highest BCUT2D eigenvalue weighted by atomic mass is 19.1. The Labute approximate surface area is 123 Å². The lowest BCUT2D eigenvalue weighted by Crippen LogP contribution is -2.41. The van der Waals surface area contributed by atoms with Crippen LogP contribution >= 0.6 is 0 Å². The van der Waals surface area contributed by atoms with Crippen molar-refractivity contribution in [2.75, 3.05) is 12.3 Å². The van der Waals surface area contributed by atoms with Crippen molar-refractivity contribution in [2.24, 2.45) is 0 Å². The number of nitrogen functional groups attached to an aromatic ring is 1. The number of amides is 1. The van der Waals surface area contributed by atoms with Crippen LogP contribution in [0, 0.1) is 12.7 Å². The number of rotatable bonds is 1. The van der Waals surface area contributed by atoms with Gasteiger partial charge in [-0.15, -0.1) is 0 Å². The molecule has 1 aliphatic rings. The number of fused-ring (bicyclic) bond motifs is 1. The first-order valence-electron chi connectivity index (χ1n) is 7.01. The van der Waals surface area contributed by atoms with E-state index in [1.54, 1.807) is 4.90 Å². The molecule has 0 bridgehead atoms. The monoisotopic (exact) mass is 287 g/mol. The lowest BCUT2D eigenvalue weighted by Gasteiger charge is -2.35. The van der Waals surface area contributed by atoms with E-state index in [9.17, 15) is 9.18 Å². The fourth-order valence-electron chi connectivity index (χ4n) is 2.94. The molecule has 1 aliphatic heterocycles. The van der Waals surface area contributed by atoms with E-state index in [-0.39, 0.29) is 17.6 Å². The Balaban J connectivity index is 1.91. The standard InChI is InChI=1S/C16H18FN3O/c1-10-3-6-15-11(2)20(8-7-19(10)15)16(21)12-4-5-13(17)14(18)9-12/h3-6,9,11H,7-8,18H2,1-2H3. The summed E-state index contributed by atoms with van der Waals surface area (Å²) >= 11 is 0. The fourth-order valence-corrected chi connectivity index (χ4v) is 2.94. The number of hydrogen-bond donors (Lipinski definition) is 1. The van der Waals surface area contributed by atoms with E-state index in [1.807, 2.05) is 6.92 Å². The molecule has 2 heterocycles. The minimum atomic E-state index is -0.497. The topological polar surface area (TPSA) is 51.3 Å². The summed E-state index contributed by atoms with van der Waals surface area (Å²) in [4.78, 5) is 14.4. The van der Waals surface area contributed by atoms with Crippen LogP contribution in [0.3, 0.4) is 0 Å². The molecule has 4 nitrogen and oxygen atoms in total. The number of nitrogens with two attached hydrogens (primary N) is 1. The van der Waals surface area contributed by atoms with Crippen LogP contribution in [0.5, 0.6) is 0 Å². The molecule has 1 amide bonds. The van der Waals surface area contributed by atoms with Crippen LogP contribution in [0.15, 0.2) is 30.3 Å². The van der Waals surface area contributed by atoms with Crippen molar-refractivity contribution in [3.63, 3.8) is 0 Å². The van der Waals surface area contributed by atoms with Gasteiger partial charge in [-0.3, -0.25) is 4.79 Å². The van der Waals surface area contributed by atoms with Gasteiger partial charge in [-0.05, 0) is 44.2 Å². The van der Waals surface area contributed by atoms with Crippen LogP contribution in [0.25, 0.3) is 0 Å². The molecule has 5 heteroatoms. The Morgan fingerprint density at radius 3 is 2.76 bits per heavy atom. The molecule has 1 aromatic heterocycles. The van der Waals surface area contributed by atoms with E-state index in [2.05, 4.69) is 23.6 Å². The van der Waals surface area contributed by atoms with Crippen molar-refractivity contribution >= 4 is 11.6 Å². The molecule has 1 unspecified atom stereocenters. The summed E-state index contributed by atoms with van der Waals surface area (Å²) in [6.45, 7) is 5.49. The predicted molar refractivity (Wildman–Crippen MR) is 79.4 cm³/mol. The average Bonchev–Trinajstić information content (AvgIpc) is 2.84. The first-order valence-corrected chi connectivity index (χ1v) is 7.01. The summed E-state index contributed by atoms with van der Waals surface area (Å²) in [5, 5.41) is 0. The van der Waals surface area contributed by atoms with Crippen molar-refractivity contribution in [1.82, 2.24) is 9.47 Å². The SMILES string of the molecule is Cc1ccc2n1CCN(C(=O)c1ccc(F)c(N)c1)C2C. The number of hydrogen-bond acceptors (Lipinski definition) is 2. The number of benzene rings is 1. The van der Waals surface area contributed by atoms with E-state index in [0.29, 0.717) is 12.1 Å². The molecule has 0 spiro atoms. The van der Waals surface area contributed by atoms with Gasteiger partial charge in [0.2, 0.25) is 0 Å². The van der Waals surface area contributed by atoms with Gasteiger partial charge >= 0.3 is 0 Å². The maximum atomic E-state index is 13.2. The van der Waals surface area contributed by atoms with Crippen molar-refractivity contribution < 1.29 is 9.18 Å². The number of halogens is 1. The number of nitrogens with zero attached hydrogens (tertiary/aromatic N) is 2. The molecule has 1 atom stereocenters. The van der Waals surface area contributed by atoms with Gasteiger partial charge in [0, 0.05) is 30.0 Å². The molecule has 0 saturated carbocycles. The van der Waals surface area contributed by atoms with Gasteiger partial charge < -0.3 is 15.2 Å². The third-order valence-corrected chi connectivity index (χ3v) is 4.20. The van der Waals surface area contributed by atoms with E-state index < -0.39 is 5.82 Å². The Morgan fingerprint density at radius 2 is 2.05 bits per heavy atom. The first-order chi connectivity index (χ1) is 9.99. The number of carbonyl (C=O) groups is 1. The predicted octanol–water partition coefficient (Wildman–Crippen LogP) is 2.73. The molecule has 2 N–H and O–H groups in total. The van der Waals surface area contributed by atoms with Crippen LogP contribution in [0.2, 0.25) is 0 Å². The van der Waals surface area contributed by atoms with Gasteiger partial charge in [0.25, 0.3) is 5.91 Å². The van der Waals surface area contributed by atoms with Crippen molar-refractivity contribution in [3.05, 3.63) is 53.1 Å². The third kappa shape index (κ3) is 2.18. The van der Waals surface area contributed by atoms with Gasteiger partial charge in [-0.2, -0.15) is 0 Å². The largest absolute Gasteiger partial charge is 0.396 e. The Hall–Kier alpha value is -2.30. The zero-order valence-corrected chi connectivity index (χ0v) is 12.1. The zero-order valence-electron chi connectivity index (χ0n) is 12.1. The van der Waals surface area contributed by atoms with Crippen molar-refractivity contribution in [3.8, 4) is 0 Å². The second-order valence-corrected chi connectivity index (χ2v) is 5.46. The summed E-state index contributed by atoms with van der Waals surface area (Å²) in [5.74, 6) is -0.609. The molecule has 2 aromatic rings. The molecule has 3 rings (SSSR count). The smallest absolute Gasteiger partial charge is 0.254 e. The molecule has 21 heavy (non-hydrogen) atoms. The summed E-state index contributed by atoms with van der Waals surface area (Å²) in [6, 6.07) is 8.24. The van der Waals surface area contributed by atoms with Crippen LogP contribution in [-0.4, -0.2) is 21.9 Å². The first kappa shape index (κ1) is 13.7. The molecule has 0 aliphatic carbocycles. The normalized spacial score (nSPS) is 17.7. The summed E-state index contributed by atoms with van der Waals surface area (Å²) in [7, 11) is 0. The highest BCUT2D eigenvalue weighted by Crippen LogP contribution is 2.28.